The highest BCUT2D eigenvalue weighted by atomic mass is 16.2. The molecule has 2 N–H and O–H groups in total. The summed E-state index contributed by atoms with van der Waals surface area (Å²) in [6, 6.07) is 6.98. The highest BCUT2D eigenvalue weighted by Crippen LogP contribution is 2.15. The Morgan fingerprint density at radius 1 is 1.35 bits per heavy atom. The van der Waals surface area contributed by atoms with Gasteiger partial charge in [-0.3, -0.25) is 9.59 Å². The second-order valence-corrected chi connectivity index (χ2v) is 4.39. The normalized spacial score (nSPS) is 10.6. The van der Waals surface area contributed by atoms with Gasteiger partial charge in [-0.25, -0.2) is 4.98 Å². The van der Waals surface area contributed by atoms with Crippen LogP contribution >= 0.6 is 0 Å². The van der Waals surface area contributed by atoms with Crippen molar-refractivity contribution >= 4 is 22.4 Å². The number of amides is 1. The Bertz CT molecular complexity index is 805. The van der Waals surface area contributed by atoms with Gasteiger partial charge >= 0.3 is 0 Å². The number of rotatable bonds is 3. The van der Waals surface area contributed by atoms with Crippen molar-refractivity contribution in [1.29, 1.82) is 0 Å². The largest absolute Gasteiger partial charge is 0.329 e. The van der Waals surface area contributed by atoms with Crippen LogP contribution in [0.4, 0.5) is 5.69 Å². The Morgan fingerprint density at radius 2 is 2.25 bits per heavy atom. The fraction of sp³-hybridized carbons (Fsp3) is 0.0714. The number of fused-ring (bicyclic) bond motifs is 1. The minimum absolute atomic E-state index is 0.140. The van der Waals surface area contributed by atoms with Crippen LogP contribution in [-0.2, 0) is 11.3 Å². The molecule has 3 rings (SSSR count). The number of pyridine rings is 1. The molecule has 20 heavy (non-hydrogen) atoms. The third-order valence-electron chi connectivity index (χ3n) is 2.94. The number of nitrogens with zero attached hydrogens (tertiary/aromatic N) is 2. The first kappa shape index (κ1) is 12.2. The molecule has 0 atom stereocenters. The maximum atomic E-state index is 11.9. The fourth-order valence-electron chi connectivity index (χ4n) is 2.02. The lowest BCUT2D eigenvalue weighted by molar-refractivity contribution is -0.116. The lowest BCUT2D eigenvalue weighted by Gasteiger charge is -2.06. The zero-order chi connectivity index (χ0) is 13.9. The molecule has 1 aromatic carbocycles. The Hall–Kier alpha value is -2.89. The van der Waals surface area contributed by atoms with Crippen molar-refractivity contribution in [3.8, 4) is 0 Å². The first-order chi connectivity index (χ1) is 9.72. The van der Waals surface area contributed by atoms with Crippen LogP contribution in [0.3, 0.4) is 0 Å². The molecule has 0 spiro atoms. The fourth-order valence-corrected chi connectivity index (χ4v) is 2.02. The SMILES string of the molecule is O=C(Cn1ccnc1)Nc1ccc2c(=O)[nH]ccc2c1. The number of carbonyl (C=O) groups excluding carboxylic acids is 1. The Labute approximate surface area is 114 Å². The molecule has 1 amide bonds. The molecule has 0 aliphatic carbocycles. The van der Waals surface area contributed by atoms with Crippen LogP contribution < -0.4 is 10.9 Å². The summed E-state index contributed by atoms with van der Waals surface area (Å²) in [6.07, 6.45) is 6.51. The third-order valence-corrected chi connectivity index (χ3v) is 2.94. The van der Waals surface area contributed by atoms with Crippen LogP contribution in [0.5, 0.6) is 0 Å². The van der Waals surface area contributed by atoms with E-state index in [1.165, 1.54) is 0 Å². The monoisotopic (exact) mass is 268 g/mol. The van der Waals surface area contributed by atoms with Crippen molar-refractivity contribution in [2.75, 3.05) is 5.32 Å². The number of imidazole rings is 1. The van der Waals surface area contributed by atoms with Gasteiger partial charge in [-0.2, -0.15) is 0 Å². The minimum atomic E-state index is -0.146. The molecule has 6 nitrogen and oxygen atoms in total. The number of nitrogens with one attached hydrogen (secondary N) is 2. The van der Waals surface area contributed by atoms with Gasteiger partial charge in [-0.05, 0) is 29.7 Å². The van der Waals surface area contributed by atoms with Gasteiger partial charge in [0.2, 0.25) is 5.91 Å². The van der Waals surface area contributed by atoms with Crippen molar-refractivity contribution in [1.82, 2.24) is 14.5 Å². The molecule has 0 saturated carbocycles. The molecule has 2 heterocycles. The van der Waals surface area contributed by atoms with Crippen LogP contribution in [0.2, 0.25) is 0 Å². The maximum absolute atomic E-state index is 11.9. The first-order valence-electron chi connectivity index (χ1n) is 6.09. The highest BCUT2D eigenvalue weighted by molar-refractivity contribution is 5.94. The van der Waals surface area contributed by atoms with E-state index in [1.807, 2.05) is 0 Å². The van der Waals surface area contributed by atoms with Crippen LogP contribution in [0.25, 0.3) is 10.8 Å². The molecule has 0 radical (unpaired) electrons. The Kier molecular flexibility index (Phi) is 3.04. The third kappa shape index (κ3) is 2.44. The van der Waals surface area contributed by atoms with E-state index in [0.717, 1.165) is 5.39 Å². The Balaban J connectivity index is 1.81. The molecule has 0 aliphatic rings. The van der Waals surface area contributed by atoms with E-state index < -0.39 is 0 Å². The summed E-state index contributed by atoms with van der Waals surface area (Å²) in [5, 5.41) is 4.18. The number of carbonyl (C=O) groups is 1. The first-order valence-corrected chi connectivity index (χ1v) is 6.09. The van der Waals surface area contributed by atoms with Crippen molar-refractivity contribution < 1.29 is 4.79 Å². The van der Waals surface area contributed by atoms with Crippen molar-refractivity contribution in [3.63, 3.8) is 0 Å². The quantitative estimate of drug-likeness (QED) is 0.752. The van der Waals surface area contributed by atoms with Gasteiger partial charge in [-0.1, -0.05) is 0 Å². The highest BCUT2D eigenvalue weighted by Gasteiger charge is 2.05. The predicted molar refractivity (Wildman–Crippen MR) is 75.4 cm³/mol. The molecular weight excluding hydrogens is 256 g/mol. The van der Waals surface area contributed by atoms with Crippen LogP contribution in [0, 0.1) is 0 Å². The number of anilines is 1. The molecule has 0 aliphatic heterocycles. The van der Waals surface area contributed by atoms with Gasteiger partial charge in [0, 0.05) is 29.7 Å². The topological polar surface area (TPSA) is 79.8 Å². The van der Waals surface area contributed by atoms with Crippen LogP contribution in [0.1, 0.15) is 0 Å². The molecule has 6 heteroatoms. The van der Waals surface area contributed by atoms with E-state index in [0.29, 0.717) is 11.1 Å². The van der Waals surface area contributed by atoms with Gasteiger partial charge < -0.3 is 14.9 Å². The standard InChI is InChI=1S/C14H12N4O2/c19-13(8-18-6-5-15-9-18)17-11-1-2-12-10(7-11)3-4-16-14(12)20/h1-7,9H,8H2,(H,16,20)(H,17,19). The molecule has 3 aromatic rings. The smallest absolute Gasteiger partial charge is 0.255 e. The van der Waals surface area contributed by atoms with E-state index in [2.05, 4.69) is 15.3 Å². The molecule has 0 unspecified atom stereocenters. The summed E-state index contributed by atoms with van der Waals surface area (Å²) < 4.78 is 1.68. The van der Waals surface area contributed by atoms with Crippen molar-refractivity contribution in [2.24, 2.45) is 0 Å². The Morgan fingerprint density at radius 3 is 3.05 bits per heavy atom. The second kappa shape index (κ2) is 5.00. The van der Waals surface area contributed by atoms with Gasteiger partial charge in [0.25, 0.3) is 5.56 Å². The minimum Gasteiger partial charge on any atom is -0.329 e. The molecule has 0 saturated heterocycles. The predicted octanol–water partition coefficient (Wildman–Crippen LogP) is 1.36. The summed E-state index contributed by atoms with van der Waals surface area (Å²) in [6.45, 7) is 0.202. The second-order valence-electron chi connectivity index (χ2n) is 4.39. The number of hydrogen-bond donors (Lipinski definition) is 2. The lowest BCUT2D eigenvalue weighted by atomic mass is 10.1. The number of aromatic nitrogens is 3. The van der Waals surface area contributed by atoms with Gasteiger partial charge in [0.1, 0.15) is 6.54 Å². The van der Waals surface area contributed by atoms with E-state index >= 15 is 0 Å². The van der Waals surface area contributed by atoms with Crippen LogP contribution in [0.15, 0.2) is 54.0 Å². The van der Waals surface area contributed by atoms with Gasteiger partial charge in [0.05, 0.1) is 6.33 Å². The molecule has 0 fully saturated rings. The summed E-state index contributed by atoms with van der Waals surface area (Å²) in [5.41, 5.74) is 0.520. The molecule has 2 aromatic heterocycles. The van der Waals surface area contributed by atoms with Crippen molar-refractivity contribution in [2.45, 2.75) is 6.54 Å². The summed E-state index contributed by atoms with van der Waals surface area (Å²) in [4.78, 5) is 29.9. The van der Waals surface area contributed by atoms with E-state index in [1.54, 1.807) is 53.8 Å². The van der Waals surface area contributed by atoms with E-state index in [4.69, 9.17) is 0 Å². The number of aromatic amines is 1. The van der Waals surface area contributed by atoms with E-state index in [9.17, 15) is 9.59 Å². The van der Waals surface area contributed by atoms with E-state index in [-0.39, 0.29) is 18.0 Å². The van der Waals surface area contributed by atoms with Gasteiger partial charge in [0.15, 0.2) is 0 Å². The average Bonchev–Trinajstić information content (AvgIpc) is 2.91. The molecule has 100 valence electrons. The zero-order valence-corrected chi connectivity index (χ0v) is 10.5. The summed E-state index contributed by atoms with van der Waals surface area (Å²) >= 11 is 0. The summed E-state index contributed by atoms with van der Waals surface area (Å²) in [5.74, 6) is -0.146. The summed E-state index contributed by atoms with van der Waals surface area (Å²) in [7, 11) is 0. The van der Waals surface area contributed by atoms with Gasteiger partial charge in [-0.15, -0.1) is 0 Å². The average molecular weight is 268 g/mol. The molecular formula is C14H12N4O2. The number of hydrogen-bond acceptors (Lipinski definition) is 3. The number of benzene rings is 1. The molecule has 0 bridgehead atoms. The lowest BCUT2D eigenvalue weighted by Crippen LogP contribution is -2.18. The van der Waals surface area contributed by atoms with Crippen LogP contribution in [-0.4, -0.2) is 20.4 Å². The maximum Gasteiger partial charge on any atom is 0.255 e. The zero-order valence-electron chi connectivity index (χ0n) is 10.5. The van der Waals surface area contributed by atoms with Crippen molar-refractivity contribution in [3.05, 3.63) is 59.5 Å². The number of H-pyrrole nitrogens is 1.